The van der Waals surface area contributed by atoms with Crippen LogP contribution >= 0.6 is 11.6 Å². The van der Waals surface area contributed by atoms with E-state index >= 15 is 0 Å². The molecule has 1 N–H and O–H groups in total. The molecule has 30 heavy (non-hydrogen) atoms. The van der Waals surface area contributed by atoms with Crippen LogP contribution in [0.1, 0.15) is 15.9 Å². The number of nitrogens with one attached hydrogen (secondary N) is 1. The van der Waals surface area contributed by atoms with Gasteiger partial charge in [-0.2, -0.15) is 0 Å². The summed E-state index contributed by atoms with van der Waals surface area (Å²) in [5.41, 5.74) is 2.20. The highest BCUT2D eigenvalue weighted by atomic mass is 35.5. The molecule has 0 aliphatic rings. The normalized spacial score (nSPS) is 11.1. The minimum atomic E-state index is -3.83. The number of rotatable bonds is 6. The van der Waals surface area contributed by atoms with Crippen LogP contribution in [0.3, 0.4) is 0 Å². The summed E-state index contributed by atoms with van der Waals surface area (Å²) in [6.45, 7) is 1.87. The lowest BCUT2D eigenvalue weighted by Gasteiger charge is -2.21. The van der Waals surface area contributed by atoms with Crippen molar-refractivity contribution >= 4 is 38.9 Å². The lowest BCUT2D eigenvalue weighted by Crippen LogP contribution is -2.27. The molecule has 0 unspecified atom stereocenters. The monoisotopic (exact) mass is 444 g/mol. The molecule has 0 atom stereocenters. The average molecular weight is 445 g/mol. The predicted octanol–water partition coefficient (Wildman–Crippen LogP) is 4.73. The lowest BCUT2D eigenvalue weighted by molar-refractivity contribution is 0.102. The summed E-state index contributed by atoms with van der Waals surface area (Å²) < 4.78 is 32.4. The molecule has 0 saturated carbocycles. The molecule has 0 radical (unpaired) electrons. The smallest absolute Gasteiger partial charge is 0.264 e. The van der Waals surface area contributed by atoms with Crippen LogP contribution in [-0.2, 0) is 10.0 Å². The molecule has 0 aliphatic heterocycles. The van der Waals surface area contributed by atoms with E-state index in [1.54, 1.807) is 42.5 Å². The number of methoxy groups -OCH3 is 1. The van der Waals surface area contributed by atoms with Crippen LogP contribution in [0.25, 0.3) is 0 Å². The molecule has 156 valence electrons. The molecule has 0 bridgehead atoms. The molecule has 0 spiro atoms. The van der Waals surface area contributed by atoms with Crippen LogP contribution in [0.2, 0.25) is 5.02 Å². The molecule has 3 aromatic rings. The van der Waals surface area contributed by atoms with Crippen LogP contribution in [0.15, 0.2) is 71.6 Å². The van der Waals surface area contributed by atoms with E-state index in [1.807, 2.05) is 6.92 Å². The van der Waals surface area contributed by atoms with Crippen molar-refractivity contribution in [3.05, 3.63) is 82.9 Å². The number of nitrogens with zero attached hydrogens (tertiary/aromatic N) is 1. The van der Waals surface area contributed by atoms with Crippen LogP contribution in [-0.4, -0.2) is 28.5 Å². The number of halogens is 1. The van der Waals surface area contributed by atoms with Gasteiger partial charge in [0.2, 0.25) is 0 Å². The summed E-state index contributed by atoms with van der Waals surface area (Å²) in [6, 6.07) is 17.8. The average Bonchev–Trinajstić information content (AvgIpc) is 2.75. The van der Waals surface area contributed by atoms with Crippen LogP contribution < -0.4 is 14.4 Å². The van der Waals surface area contributed by atoms with E-state index in [1.165, 1.54) is 38.4 Å². The Morgan fingerprint density at radius 1 is 1.03 bits per heavy atom. The standard InChI is InChI=1S/C22H21ClN2O4S/c1-15-8-11-17(14-19(15)23)24-22(26)16-9-12-18(13-10-16)30(27,28)25(2)20-6-4-5-7-21(20)29-3/h4-14H,1-3H3,(H,24,26). The van der Waals surface area contributed by atoms with Crippen molar-refractivity contribution in [2.75, 3.05) is 23.8 Å². The summed E-state index contributed by atoms with van der Waals surface area (Å²) >= 11 is 6.08. The first-order valence-electron chi connectivity index (χ1n) is 9.03. The van der Waals surface area contributed by atoms with Gasteiger partial charge in [-0.3, -0.25) is 9.10 Å². The highest BCUT2D eigenvalue weighted by Gasteiger charge is 2.24. The van der Waals surface area contributed by atoms with E-state index in [-0.39, 0.29) is 10.8 Å². The van der Waals surface area contributed by atoms with Crippen molar-refractivity contribution < 1.29 is 17.9 Å². The zero-order valence-corrected chi connectivity index (χ0v) is 18.3. The van der Waals surface area contributed by atoms with Crippen molar-refractivity contribution in [2.24, 2.45) is 0 Å². The molecule has 6 nitrogen and oxygen atoms in total. The largest absolute Gasteiger partial charge is 0.495 e. The van der Waals surface area contributed by atoms with Crippen molar-refractivity contribution in [2.45, 2.75) is 11.8 Å². The fraction of sp³-hybridized carbons (Fsp3) is 0.136. The lowest BCUT2D eigenvalue weighted by atomic mass is 10.2. The Hall–Kier alpha value is -3.03. The second-order valence-electron chi connectivity index (χ2n) is 6.59. The van der Waals surface area contributed by atoms with Gasteiger partial charge in [-0.1, -0.05) is 29.8 Å². The maximum Gasteiger partial charge on any atom is 0.264 e. The first-order valence-corrected chi connectivity index (χ1v) is 10.9. The molecular formula is C22H21ClN2O4S. The summed E-state index contributed by atoms with van der Waals surface area (Å²) in [6.07, 6.45) is 0. The first-order chi connectivity index (χ1) is 14.2. The number of carbonyl (C=O) groups excluding carboxylic acids is 1. The van der Waals surface area contributed by atoms with Gasteiger partial charge >= 0.3 is 0 Å². The third kappa shape index (κ3) is 4.42. The van der Waals surface area contributed by atoms with E-state index in [0.29, 0.717) is 27.7 Å². The number of carbonyl (C=O) groups is 1. The highest BCUT2D eigenvalue weighted by Crippen LogP contribution is 2.31. The van der Waals surface area contributed by atoms with Gasteiger partial charge in [0.25, 0.3) is 15.9 Å². The van der Waals surface area contributed by atoms with E-state index in [4.69, 9.17) is 16.3 Å². The van der Waals surface area contributed by atoms with Gasteiger partial charge in [0, 0.05) is 23.3 Å². The number of hydrogen-bond donors (Lipinski definition) is 1. The fourth-order valence-corrected chi connectivity index (χ4v) is 4.22. The van der Waals surface area contributed by atoms with E-state index in [2.05, 4.69) is 5.32 Å². The Bertz CT molecular complexity index is 1180. The van der Waals surface area contributed by atoms with Crippen LogP contribution in [0.5, 0.6) is 5.75 Å². The van der Waals surface area contributed by atoms with Crippen molar-refractivity contribution in [3.63, 3.8) is 0 Å². The number of amides is 1. The number of benzene rings is 3. The number of sulfonamides is 1. The molecule has 3 rings (SSSR count). The molecule has 0 saturated heterocycles. The first kappa shape index (κ1) is 21.7. The van der Waals surface area contributed by atoms with Crippen molar-refractivity contribution in [3.8, 4) is 5.75 Å². The fourth-order valence-electron chi connectivity index (χ4n) is 2.83. The van der Waals surface area contributed by atoms with Gasteiger partial charge < -0.3 is 10.1 Å². The maximum absolute atomic E-state index is 13.0. The molecule has 3 aromatic carbocycles. The molecule has 0 fully saturated rings. The molecule has 0 aliphatic carbocycles. The van der Waals surface area contributed by atoms with Crippen molar-refractivity contribution in [1.82, 2.24) is 0 Å². The zero-order chi connectivity index (χ0) is 21.9. The van der Waals surface area contributed by atoms with E-state index < -0.39 is 10.0 Å². The molecule has 0 heterocycles. The zero-order valence-electron chi connectivity index (χ0n) is 16.7. The molecular weight excluding hydrogens is 424 g/mol. The summed E-state index contributed by atoms with van der Waals surface area (Å²) in [5, 5.41) is 3.30. The highest BCUT2D eigenvalue weighted by molar-refractivity contribution is 7.92. The number of aryl methyl sites for hydroxylation is 1. The van der Waals surface area contributed by atoms with Gasteiger partial charge in [0.1, 0.15) is 5.75 Å². The second-order valence-corrected chi connectivity index (χ2v) is 8.96. The van der Waals surface area contributed by atoms with Gasteiger partial charge in [0.15, 0.2) is 0 Å². The Balaban J connectivity index is 1.81. The molecule has 0 aromatic heterocycles. The number of hydrogen-bond acceptors (Lipinski definition) is 4. The predicted molar refractivity (Wildman–Crippen MR) is 119 cm³/mol. The molecule has 1 amide bonds. The second kappa shape index (κ2) is 8.77. The Morgan fingerprint density at radius 2 is 1.70 bits per heavy atom. The summed E-state index contributed by atoms with van der Waals surface area (Å²) in [7, 11) is -0.899. The van der Waals surface area contributed by atoms with Gasteiger partial charge in [-0.05, 0) is 61.0 Å². The van der Waals surface area contributed by atoms with Crippen molar-refractivity contribution in [1.29, 1.82) is 0 Å². The third-order valence-electron chi connectivity index (χ3n) is 4.63. The minimum Gasteiger partial charge on any atom is -0.495 e. The Labute approximate surface area is 181 Å². The summed E-state index contributed by atoms with van der Waals surface area (Å²) in [4.78, 5) is 12.5. The third-order valence-corrected chi connectivity index (χ3v) is 6.82. The minimum absolute atomic E-state index is 0.0610. The SMILES string of the molecule is COc1ccccc1N(C)S(=O)(=O)c1ccc(C(=O)Nc2ccc(C)c(Cl)c2)cc1. The number of ether oxygens (including phenoxy) is 1. The maximum atomic E-state index is 13.0. The summed E-state index contributed by atoms with van der Waals surface area (Å²) in [5.74, 6) is 0.0771. The topological polar surface area (TPSA) is 75.7 Å². The van der Waals surface area contributed by atoms with Gasteiger partial charge in [-0.15, -0.1) is 0 Å². The van der Waals surface area contributed by atoms with E-state index in [9.17, 15) is 13.2 Å². The quantitative estimate of drug-likeness (QED) is 0.596. The number of para-hydroxylation sites is 2. The van der Waals surface area contributed by atoms with Crippen LogP contribution in [0.4, 0.5) is 11.4 Å². The van der Waals surface area contributed by atoms with Crippen LogP contribution in [0, 0.1) is 6.92 Å². The number of anilines is 2. The van der Waals surface area contributed by atoms with E-state index in [0.717, 1.165) is 9.87 Å². The van der Waals surface area contributed by atoms with Gasteiger partial charge in [0.05, 0.1) is 17.7 Å². The Kier molecular flexibility index (Phi) is 6.34. The van der Waals surface area contributed by atoms with Gasteiger partial charge in [-0.25, -0.2) is 8.42 Å². The Morgan fingerprint density at radius 3 is 2.33 bits per heavy atom. The molecule has 8 heteroatoms.